The van der Waals surface area contributed by atoms with E-state index in [0.29, 0.717) is 12.8 Å². The molecule has 0 aromatic carbocycles. The Balaban J connectivity index is 2.26. The van der Waals surface area contributed by atoms with Crippen molar-refractivity contribution in [1.82, 2.24) is 5.32 Å². The lowest BCUT2D eigenvalue weighted by atomic mass is 9.90. The highest BCUT2D eigenvalue weighted by Crippen LogP contribution is 2.26. The van der Waals surface area contributed by atoms with Crippen molar-refractivity contribution in [2.24, 2.45) is 0 Å². The summed E-state index contributed by atoms with van der Waals surface area (Å²) in [6.45, 7) is 4.01. The molecule has 9 nitrogen and oxygen atoms in total. The van der Waals surface area contributed by atoms with Gasteiger partial charge in [-0.15, -0.1) is 0 Å². The van der Waals surface area contributed by atoms with Crippen LogP contribution in [0.4, 0.5) is 0 Å². The number of unbranched alkanes of at least 4 members (excludes halogenated alkanes) is 32. The number of carbonyl (C=O) groups excluding carboxylic acids is 1. The molecule has 1 amide bonds. The summed E-state index contributed by atoms with van der Waals surface area (Å²) < 4.78 is 5.69. The van der Waals surface area contributed by atoms with E-state index in [2.05, 4.69) is 31.3 Å². The van der Waals surface area contributed by atoms with Gasteiger partial charge in [-0.25, -0.2) is 0 Å². The second-order valence-corrected chi connectivity index (χ2v) is 19.2. The zero-order valence-corrected chi connectivity index (χ0v) is 40.6. The molecule has 1 aliphatic heterocycles. The summed E-state index contributed by atoms with van der Waals surface area (Å²) >= 11 is 0. The summed E-state index contributed by atoms with van der Waals surface area (Å²) in [5.41, 5.74) is 0. The standard InChI is InChI=1S/C53H103NO8/c1-3-5-7-9-11-13-15-17-18-19-20-21-22-23-24-25-26-27-28-29-31-33-35-37-39-41-49(57)54-45(42-43-47-51(59)53(61)52(60)48(44-55)62-47)50(58)46(56)40-38-36-34-32-30-16-14-12-10-8-6-4-2/h26-27,45-48,50-53,55-56,58-61H,3-25,28-44H2,1-2H3,(H,54,57)/b27-26+/t45-,46+,47+,48?,50-,51?,52-,53+/m0/s1. The minimum atomic E-state index is -1.48. The molecule has 1 fully saturated rings. The number of carbonyl (C=O) groups is 1. The van der Waals surface area contributed by atoms with Crippen molar-refractivity contribution in [3.8, 4) is 0 Å². The first-order chi connectivity index (χ1) is 30.3. The lowest BCUT2D eigenvalue weighted by molar-refractivity contribution is -0.231. The second kappa shape index (κ2) is 42.6. The molecule has 2 unspecified atom stereocenters. The molecule has 0 aromatic rings. The van der Waals surface area contributed by atoms with Gasteiger partial charge < -0.3 is 40.7 Å². The molecule has 1 saturated heterocycles. The van der Waals surface area contributed by atoms with E-state index in [1.807, 2.05) is 0 Å². The van der Waals surface area contributed by atoms with Crippen molar-refractivity contribution in [2.45, 2.75) is 313 Å². The maximum atomic E-state index is 13.1. The van der Waals surface area contributed by atoms with Gasteiger partial charge in [0.2, 0.25) is 5.91 Å². The van der Waals surface area contributed by atoms with Gasteiger partial charge in [-0.05, 0) is 51.4 Å². The molecular formula is C53H103NO8. The van der Waals surface area contributed by atoms with Crippen LogP contribution in [0.1, 0.15) is 264 Å². The second-order valence-electron chi connectivity index (χ2n) is 19.2. The summed E-state index contributed by atoms with van der Waals surface area (Å²) in [6, 6.07) is -0.769. The lowest BCUT2D eigenvalue weighted by Crippen LogP contribution is -2.59. The summed E-state index contributed by atoms with van der Waals surface area (Å²) in [5, 5.41) is 65.9. The van der Waals surface area contributed by atoms with Gasteiger partial charge in [-0.3, -0.25) is 4.79 Å². The Kier molecular flexibility index (Phi) is 40.5. The number of amides is 1. The fourth-order valence-corrected chi connectivity index (χ4v) is 9.13. The Labute approximate surface area is 382 Å². The molecule has 368 valence electrons. The minimum Gasteiger partial charge on any atom is -0.394 e. The predicted molar refractivity (Wildman–Crippen MR) is 258 cm³/mol. The van der Waals surface area contributed by atoms with Crippen LogP contribution in [0.25, 0.3) is 0 Å². The molecule has 7 N–H and O–H groups in total. The van der Waals surface area contributed by atoms with Crippen LogP contribution < -0.4 is 5.32 Å². The largest absolute Gasteiger partial charge is 0.394 e. The first-order valence-electron chi connectivity index (χ1n) is 26.9. The quantitative estimate of drug-likeness (QED) is 0.0235. The van der Waals surface area contributed by atoms with Gasteiger partial charge in [0.1, 0.15) is 24.4 Å². The Morgan fingerprint density at radius 1 is 0.500 bits per heavy atom. The van der Waals surface area contributed by atoms with Crippen LogP contribution >= 0.6 is 0 Å². The van der Waals surface area contributed by atoms with Crippen LogP contribution in [0.2, 0.25) is 0 Å². The van der Waals surface area contributed by atoms with E-state index in [9.17, 15) is 35.4 Å². The summed E-state index contributed by atoms with van der Waals surface area (Å²) in [6.07, 6.45) is 41.6. The van der Waals surface area contributed by atoms with Gasteiger partial charge in [0.25, 0.3) is 0 Å². The zero-order chi connectivity index (χ0) is 45.3. The number of hydrogen-bond donors (Lipinski definition) is 7. The van der Waals surface area contributed by atoms with E-state index in [-0.39, 0.29) is 18.7 Å². The molecule has 0 spiro atoms. The molecule has 0 bridgehead atoms. The van der Waals surface area contributed by atoms with Gasteiger partial charge in [0.05, 0.1) is 31.0 Å². The Morgan fingerprint density at radius 3 is 1.29 bits per heavy atom. The summed E-state index contributed by atoms with van der Waals surface area (Å²) in [7, 11) is 0. The molecule has 0 radical (unpaired) electrons. The first-order valence-corrected chi connectivity index (χ1v) is 26.9. The Morgan fingerprint density at radius 2 is 0.871 bits per heavy atom. The highest BCUT2D eigenvalue weighted by Gasteiger charge is 2.43. The number of aliphatic hydroxyl groups excluding tert-OH is 6. The predicted octanol–water partition coefficient (Wildman–Crippen LogP) is 11.8. The fourth-order valence-electron chi connectivity index (χ4n) is 9.13. The van der Waals surface area contributed by atoms with Crippen molar-refractivity contribution in [3.05, 3.63) is 12.2 Å². The zero-order valence-electron chi connectivity index (χ0n) is 40.6. The van der Waals surface area contributed by atoms with Gasteiger partial charge in [-0.2, -0.15) is 0 Å². The Hall–Kier alpha value is -1.07. The first kappa shape index (κ1) is 58.9. The van der Waals surface area contributed by atoms with E-state index in [0.717, 1.165) is 51.4 Å². The number of hydrogen-bond acceptors (Lipinski definition) is 8. The maximum Gasteiger partial charge on any atom is 0.220 e. The number of ether oxygens (including phenoxy) is 1. The van der Waals surface area contributed by atoms with Gasteiger partial charge in [-0.1, -0.05) is 219 Å². The van der Waals surface area contributed by atoms with E-state index >= 15 is 0 Å². The van der Waals surface area contributed by atoms with Crippen molar-refractivity contribution < 1.29 is 40.2 Å². The van der Waals surface area contributed by atoms with Crippen LogP contribution in [0, 0.1) is 0 Å². The number of allylic oxidation sites excluding steroid dienone is 2. The molecule has 8 atom stereocenters. The van der Waals surface area contributed by atoms with Crippen molar-refractivity contribution >= 4 is 5.91 Å². The van der Waals surface area contributed by atoms with E-state index < -0.39 is 55.4 Å². The van der Waals surface area contributed by atoms with Crippen molar-refractivity contribution in [3.63, 3.8) is 0 Å². The molecule has 0 saturated carbocycles. The molecule has 62 heavy (non-hydrogen) atoms. The summed E-state index contributed by atoms with van der Waals surface area (Å²) in [4.78, 5) is 13.1. The third kappa shape index (κ3) is 31.7. The molecule has 0 aliphatic carbocycles. The van der Waals surface area contributed by atoms with E-state index in [1.54, 1.807) is 0 Å². The smallest absolute Gasteiger partial charge is 0.220 e. The molecular weight excluding hydrogens is 779 g/mol. The Bertz CT molecular complexity index is 997. The fraction of sp³-hybridized carbons (Fsp3) is 0.943. The number of rotatable bonds is 45. The monoisotopic (exact) mass is 882 g/mol. The topological polar surface area (TPSA) is 160 Å². The van der Waals surface area contributed by atoms with Crippen LogP contribution in [0.3, 0.4) is 0 Å². The highest BCUT2D eigenvalue weighted by atomic mass is 16.5. The van der Waals surface area contributed by atoms with Crippen LogP contribution in [0.15, 0.2) is 12.2 Å². The molecule has 0 aromatic heterocycles. The van der Waals surface area contributed by atoms with Crippen molar-refractivity contribution in [1.29, 1.82) is 0 Å². The molecule has 9 heteroatoms. The van der Waals surface area contributed by atoms with E-state index in [4.69, 9.17) is 4.74 Å². The van der Waals surface area contributed by atoms with Crippen LogP contribution in [0.5, 0.6) is 0 Å². The maximum absolute atomic E-state index is 13.1. The molecule has 1 aliphatic rings. The van der Waals surface area contributed by atoms with Gasteiger partial charge in [0, 0.05) is 6.42 Å². The molecule has 1 heterocycles. The van der Waals surface area contributed by atoms with Gasteiger partial charge >= 0.3 is 0 Å². The number of nitrogens with one attached hydrogen (secondary N) is 1. The SMILES string of the molecule is CCCCCCCCCCCCCCCCC/C=C/CCCCCCCCC(=O)N[C@@H](CC[C@H]1OC(CO)[C@H](O)[C@H](O)C1O)[C@H](O)[C@H](O)CCCCCCCCCCCCCC. The van der Waals surface area contributed by atoms with Crippen LogP contribution in [-0.4, -0.2) is 91.9 Å². The number of aliphatic hydroxyl groups is 6. The van der Waals surface area contributed by atoms with E-state index in [1.165, 1.54) is 173 Å². The minimum absolute atomic E-state index is 0.156. The third-order valence-corrected chi connectivity index (χ3v) is 13.4. The third-order valence-electron chi connectivity index (χ3n) is 13.4. The van der Waals surface area contributed by atoms with Crippen molar-refractivity contribution in [2.75, 3.05) is 6.61 Å². The van der Waals surface area contributed by atoms with Crippen LogP contribution in [-0.2, 0) is 9.53 Å². The highest BCUT2D eigenvalue weighted by molar-refractivity contribution is 5.76. The normalized spacial score (nSPS) is 20.8. The molecule has 1 rings (SSSR count). The average molecular weight is 882 g/mol. The van der Waals surface area contributed by atoms with Gasteiger partial charge in [0.15, 0.2) is 0 Å². The average Bonchev–Trinajstić information content (AvgIpc) is 3.27. The summed E-state index contributed by atoms with van der Waals surface area (Å²) in [5.74, 6) is -0.181. The lowest BCUT2D eigenvalue weighted by Gasteiger charge is -2.40.